The molecule has 1 saturated heterocycles. The molecule has 0 amide bonds. The SMILES string of the molecule is CC1=C(C(=O)OCCOCCN2CCC(c3ccccc3)(c3ccccc3)CC2)C(c2cccc(Cl)c2Cl)C(c2nnn(C)n2)=C(C)N1. The molecule has 3 aromatic carbocycles. The number of hydrogen-bond donors (Lipinski definition) is 1. The van der Waals surface area contributed by atoms with E-state index in [1.165, 1.54) is 15.9 Å². The summed E-state index contributed by atoms with van der Waals surface area (Å²) in [7, 11) is 1.69. The molecule has 0 radical (unpaired) electrons. The molecular formula is C37H40Cl2N6O3. The van der Waals surface area contributed by atoms with Gasteiger partial charge in [-0.05, 0) is 67.7 Å². The van der Waals surface area contributed by atoms with Crippen LogP contribution in [0.25, 0.3) is 5.57 Å². The number of nitrogens with zero attached hydrogens (tertiary/aromatic N) is 5. The molecular weight excluding hydrogens is 647 g/mol. The van der Waals surface area contributed by atoms with E-state index in [9.17, 15) is 4.79 Å². The Kier molecular flexibility index (Phi) is 10.6. The lowest BCUT2D eigenvalue weighted by atomic mass is 9.68. The fraction of sp³-hybridized carbons (Fsp3) is 0.351. The van der Waals surface area contributed by atoms with Crippen LogP contribution in [0.5, 0.6) is 0 Å². The highest BCUT2D eigenvalue weighted by molar-refractivity contribution is 6.42. The van der Waals surface area contributed by atoms with E-state index in [4.69, 9.17) is 32.7 Å². The maximum absolute atomic E-state index is 13.7. The monoisotopic (exact) mass is 686 g/mol. The van der Waals surface area contributed by atoms with Crippen molar-refractivity contribution in [1.29, 1.82) is 0 Å². The normalized spacial score (nSPS) is 18.1. The van der Waals surface area contributed by atoms with Crippen LogP contribution in [-0.4, -0.2) is 70.5 Å². The van der Waals surface area contributed by atoms with Crippen molar-refractivity contribution in [2.75, 3.05) is 39.5 Å². The van der Waals surface area contributed by atoms with Crippen molar-refractivity contribution in [1.82, 2.24) is 30.4 Å². The minimum atomic E-state index is -0.618. The van der Waals surface area contributed by atoms with Gasteiger partial charge in [-0.1, -0.05) is 96.0 Å². The van der Waals surface area contributed by atoms with E-state index in [1.807, 2.05) is 19.9 Å². The first-order valence-electron chi connectivity index (χ1n) is 16.2. The van der Waals surface area contributed by atoms with E-state index in [0.717, 1.165) is 38.2 Å². The molecule has 6 rings (SSSR count). The van der Waals surface area contributed by atoms with E-state index in [2.05, 4.69) is 86.3 Å². The Morgan fingerprint density at radius 2 is 1.56 bits per heavy atom. The van der Waals surface area contributed by atoms with Gasteiger partial charge in [0.15, 0.2) is 0 Å². The lowest BCUT2D eigenvalue weighted by Crippen LogP contribution is -2.44. The first-order valence-corrected chi connectivity index (χ1v) is 17.0. The fourth-order valence-electron chi connectivity index (χ4n) is 6.99. The van der Waals surface area contributed by atoms with Crippen molar-refractivity contribution >= 4 is 34.7 Å². The molecule has 1 fully saturated rings. The van der Waals surface area contributed by atoms with Gasteiger partial charge in [0.05, 0.1) is 35.9 Å². The summed E-state index contributed by atoms with van der Waals surface area (Å²) in [5.41, 5.74) is 5.92. The number of piperidine rings is 1. The molecule has 48 heavy (non-hydrogen) atoms. The van der Waals surface area contributed by atoms with Gasteiger partial charge >= 0.3 is 5.97 Å². The van der Waals surface area contributed by atoms with Gasteiger partial charge in [0.2, 0.25) is 5.82 Å². The molecule has 0 bridgehead atoms. The number of hydrogen-bond acceptors (Lipinski definition) is 8. The molecule has 2 aliphatic heterocycles. The predicted octanol–water partition coefficient (Wildman–Crippen LogP) is 6.55. The molecule has 4 aromatic rings. The highest BCUT2D eigenvalue weighted by atomic mass is 35.5. The number of carbonyl (C=O) groups excluding carboxylic acids is 1. The van der Waals surface area contributed by atoms with Crippen molar-refractivity contribution in [2.45, 2.75) is 38.0 Å². The molecule has 1 N–H and O–H groups in total. The van der Waals surface area contributed by atoms with E-state index >= 15 is 0 Å². The van der Waals surface area contributed by atoms with Crippen LogP contribution in [0.3, 0.4) is 0 Å². The first kappa shape index (κ1) is 33.9. The van der Waals surface area contributed by atoms with Gasteiger partial charge in [-0.3, -0.25) is 0 Å². The van der Waals surface area contributed by atoms with Crippen molar-refractivity contribution in [3.63, 3.8) is 0 Å². The highest BCUT2D eigenvalue weighted by Gasteiger charge is 2.39. The maximum atomic E-state index is 13.7. The number of rotatable bonds is 11. The number of aromatic nitrogens is 4. The number of nitrogens with one attached hydrogen (secondary N) is 1. The summed E-state index contributed by atoms with van der Waals surface area (Å²) >= 11 is 13.1. The zero-order chi connectivity index (χ0) is 33.7. The van der Waals surface area contributed by atoms with E-state index < -0.39 is 11.9 Å². The molecule has 2 aliphatic rings. The largest absolute Gasteiger partial charge is 0.460 e. The van der Waals surface area contributed by atoms with Crippen LogP contribution >= 0.6 is 23.2 Å². The second-order valence-corrected chi connectivity index (χ2v) is 13.1. The molecule has 0 spiro atoms. The molecule has 9 nitrogen and oxygen atoms in total. The average Bonchev–Trinajstić information content (AvgIpc) is 3.53. The van der Waals surface area contributed by atoms with Crippen LogP contribution in [0.4, 0.5) is 0 Å². The smallest absolute Gasteiger partial charge is 0.336 e. The number of halogens is 2. The van der Waals surface area contributed by atoms with Gasteiger partial charge in [-0.2, -0.15) is 4.80 Å². The molecule has 1 atom stereocenters. The quantitative estimate of drug-likeness (QED) is 0.140. The fourth-order valence-corrected chi connectivity index (χ4v) is 7.41. The molecule has 1 aromatic heterocycles. The second-order valence-electron chi connectivity index (χ2n) is 12.3. The molecule has 0 saturated carbocycles. The molecule has 0 aliphatic carbocycles. The third-order valence-electron chi connectivity index (χ3n) is 9.40. The van der Waals surface area contributed by atoms with Gasteiger partial charge in [0, 0.05) is 34.8 Å². The topological polar surface area (TPSA) is 94.4 Å². The van der Waals surface area contributed by atoms with Crippen molar-refractivity contribution in [2.24, 2.45) is 7.05 Å². The van der Waals surface area contributed by atoms with E-state index in [0.29, 0.717) is 44.9 Å². The van der Waals surface area contributed by atoms with E-state index in [1.54, 1.807) is 19.2 Å². The molecule has 3 heterocycles. The number of ether oxygens (including phenoxy) is 2. The van der Waals surface area contributed by atoms with Crippen LogP contribution < -0.4 is 5.32 Å². The summed E-state index contributed by atoms with van der Waals surface area (Å²) < 4.78 is 11.7. The number of aryl methyl sites for hydroxylation is 1. The van der Waals surface area contributed by atoms with Crippen LogP contribution in [-0.2, 0) is 26.7 Å². The Morgan fingerprint density at radius 1 is 0.896 bits per heavy atom. The van der Waals surface area contributed by atoms with Crippen molar-refractivity contribution < 1.29 is 14.3 Å². The minimum absolute atomic E-state index is 0.0127. The van der Waals surface area contributed by atoms with Crippen LogP contribution in [0.2, 0.25) is 10.0 Å². The number of likely N-dealkylation sites (tertiary alicyclic amines) is 1. The van der Waals surface area contributed by atoms with Crippen molar-refractivity contribution in [3.05, 3.63) is 128 Å². The summed E-state index contributed by atoms with van der Waals surface area (Å²) in [6, 6.07) is 27.1. The standard InChI is InChI=1S/C37H40Cl2N6O3/c1-25-31(35-41-43-44(3)42-35)33(29-15-10-16-30(38)34(29)39)32(26(2)40-25)36(46)48-24-23-47-22-21-45-19-17-37(18-20-45,27-11-6-4-7-12-27)28-13-8-5-9-14-28/h4-16,33,40H,17-24H2,1-3H3. The Bertz CT molecular complexity index is 1760. The van der Waals surface area contributed by atoms with E-state index in [-0.39, 0.29) is 18.6 Å². The second kappa shape index (κ2) is 15.0. The summed E-state index contributed by atoms with van der Waals surface area (Å²) in [5, 5.41) is 16.7. The number of tetrazole rings is 1. The van der Waals surface area contributed by atoms with Gasteiger partial charge in [0.25, 0.3) is 0 Å². The highest BCUT2D eigenvalue weighted by Crippen LogP contribution is 2.46. The third kappa shape index (κ3) is 7.05. The zero-order valence-corrected chi connectivity index (χ0v) is 29.0. The Balaban J connectivity index is 1.05. The number of carbonyl (C=O) groups is 1. The maximum Gasteiger partial charge on any atom is 0.336 e. The number of allylic oxidation sites excluding steroid dienone is 3. The Labute approximate surface area is 291 Å². The summed E-state index contributed by atoms with van der Waals surface area (Å²) in [6.07, 6.45) is 2.08. The van der Waals surface area contributed by atoms with Crippen LogP contribution in [0.15, 0.2) is 95.8 Å². The van der Waals surface area contributed by atoms with Gasteiger partial charge < -0.3 is 19.7 Å². The first-order chi connectivity index (χ1) is 23.3. The van der Waals surface area contributed by atoms with Gasteiger partial charge in [0.1, 0.15) is 6.61 Å². The van der Waals surface area contributed by atoms with Crippen molar-refractivity contribution in [3.8, 4) is 0 Å². The van der Waals surface area contributed by atoms with Gasteiger partial charge in [-0.25, -0.2) is 4.79 Å². The van der Waals surface area contributed by atoms with Crippen LogP contribution in [0, 0.1) is 0 Å². The van der Waals surface area contributed by atoms with Crippen LogP contribution in [0.1, 0.15) is 55.1 Å². The minimum Gasteiger partial charge on any atom is -0.460 e. The third-order valence-corrected chi connectivity index (χ3v) is 10.2. The average molecular weight is 688 g/mol. The summed E-state index contributed by atoms with van der Waals surface area (Å²) in [6.45, 7) is 7.46. The van der Waals surface area contributed by atoms with Gasteiger partial charge in [-0.15, -0.1) is 10.2 Å². The molecule has 11 heteroatoms. The molecule has 1 unspecified atom stereocenters. The number of dihydropyridines is 1. The number of benzene rings is 3. The Morgan fingerprint density at radius 3 is 2.19 bits per heavy atom. The lowest BCUT2D eigenvalue weighted by Gasteiger charge is -2.43. The summed E-state index contributed by atoms with van der Waals surface area (Å²) in [4.78, 5) is 17.5. The Hall–Kier alpha value is -4.02. The number of esters is 1. The summed E-state index contributed by atoms with van der Waals surface area (Å²) in [5.74, 6) is -0.715. The molecule has 250 valence electrons. The zero-order valence-electron chi connectivity index (χ0n) is 27.5. The predicted molar refractivity (Wildman–Crippen MR) is 188 cm³/mol. The lowest BCUT2D eigenvalue weighted by molar-refractivity contribution is -0.141.